The molecule has 0 saturated carbocycles. The number of phenols is 1. The van der Waals surface area contributed by atoms with Crippen LogP contribution < -0.4 is 15.0 Å². The fourth-order valence-electron chi connectivity index (χ4n) is 2.25. The Balaban J connectivity index is 2.09. The summed E-state index contributed by atoms with van der Waals surface area (Å²) in [6.45, 7) is 2.74. The summed E-state index contributed by atoms with van der Waals surface area (Å²) in [6, 6.07) is 11.7. The first-order chi connectivity index (χ1) is 10.0. The molecule has 0 aromatic heterocycles. The predicted molar refractivity (Wildman–Crippen MR) is 87.5 cm³/mol. The second kappa shape index (κ2) is 6.39. The minimum Gasteiger partial charge on any atom is -0.504 e. The van der Waals surface area contributed by atoms with Crippen LogP contribution in [0, 0.1) is 6.92 Å². The maximum absolute atomic E-state index is 9.78. The summed E-state index contributed by atoms with van der Waals surface area (Å²) in [5, 5.41) is 13.2. The number of nitrogens with zero attached hydrogens (tertiary/aromatic N) is 1. The van der Waals surface area contributed by atoms with Crippen molar-refractivity contribution in [3.63, 3.8) is 0 Å². The third-order valence-electron chi connectivity index (χ3n) is 3.43. The highest BCUT2D eigenvalue weighted by atomic mass is 16.5. The van der Waals surface area contributed by atoms with Crippen LogP contribution in [-0.2, 0) is 6.54 Å². The van der Waals surface area contributed by atoms with Gasteiger partial charge in [0.1, 0.15) is 0 Å². The van der Waals surface area contributed by atoms with Crippen molar-refractivity contribution in [3.8, 4) is 11.5 Å². The van der Waals surface area contributed by atoms with Gasteiger partial charge in [0, 0.05) is 32.0 Å². The van der Waals surface area contributed by atoms with Crippen LogP contribution in [0.2, 0.25) is 0 Å². The molecule has 0 heterocycles. The number of phenolic OH excluding ortho intramolecular Hbond substituents is 1. The monoisotopic (exact) mass is 286 g/mol. The van der Waals surface area contributed by atoms with Gasteiger partial charge in [0.05, 0.1) is 7.11 Å². The maximum Gasteiger partial charge on any atom is 0.160 e. The van der Waals surface area contributed by atoms with E-state index in [-0.39, 0.29) is 5.75 Å². The highest BCUT2D eigenvalue weighted by Crippen LogP contribution is 2.27. The van der Waals surface area contributed by atoms with Crippen molar-refractivity contribution in [1.82, 2.24) is 0 Å². The van der Waals surface area contributed by atoms with E-state index in [1.165, 1.54) is 11.3 Å². The summed E-state index contributed by atoms with van der Waals surface area (Å²) < 4.78 is 5.04. The highest BCUT2D eigenvalue weighted by molar-refractivity contribution is 5.62. The van der Waals surface area contributed by atoms with E-state index in [1.807, 2.05) is 20.2 Å². The smallest absolute Gasteiger partial charge is 0.160 e. The minimum absolute atomic E-state index is 0.162. The van der Waals surface area contributed by atoms with Crippen LogP contribution in [0.1, 0.15) is 11.1 Å². The molecule has 0 fully saturated rings. The van der Waals surface area contributed by atoms with E-state index in [0.29, 0.717) is 12.3 Å². The summed E-state index contributed by atoms with van der Waals surface area (Å²) in [5.74, 6) is 0.652. The fraction of sp³-hybridized carbons (Fsp3) is 0.294. The van der Waals surface area contributed by atoms with Crippen LogP contribution in [0.5, 0.6) is 11.5 Å². The lowest BCUT2D eigenvalue weighted by Crippen LogP contribution is -2.10. The van der Waals surface area contributed by atoms with Gasteiger partial charge in [-0.15, -0.1) is 0 Å². The molecule has 2 N–H and O–H groups in total. The molecular formula is C17H22N2O2. The first-order valence-corrected chi connectivity index (χ1v) is 6.89. The zero-order chi connectivity index (χ0) is 15.4. The Bertz CT molecular complexity index is 624. The van der Waals surface area contributed by atoms with Gasteiger partial charge in [0.15, 0.2) is 11.5 Å². The molecule has 4 heteroatoms. The van der Waals surface area contributed by atoms with Gasteiger partial charge in [-0.2, -0.15) is 0 Å². The first kappa shape index (κ1) is 15.0. The Kier molecular flexibility index (Phi) is 4.58. The van der Waals surface area contributed by atoms with Crippen LogP contribution in [-0.4, -0.2) is 26.3 Å². The van der Waals surface area contributed by atoms with Gasteiger partial charge in [0.25, 0.3) is 0 Å². The predicted octanol–water partition coefficient (Wildman–Crippen LogP) is 3.39. The number of nitrogens with one attached hydrogen (secondary N) is 1. The van der Waals surface area contributed by atoms with Crippen molar-refractivity contribution in [2.75, 3.05) is 31.4 Å². The Morgan fingerprint density at radius 2 is 1.90 bits per heavy atom. The van der Waals surface area contributed by atoms with Gasteiger partial charge in [-0.1, -0.05) is 12.1 Å². The summed E-state index contributed by atoms with van der Waals surface area (Å²) in [5.41, 5.74) is 4.49. The largest absolute Gasteiger partial charge is 0.504 e. The number of methoxy groups -OCH3 is 1. The van der Waals surface area contributed by atoms with Crippen molar-refractivity contribution < 1.29 is 9.84 Å². The van der Waals surface area contributed by atoms with Crippen LogP contribution >= 0.6 is 0 Å². The van der Waals surface area contributed by atoms with Gasteiger partial charge in [0.2, 0.25) is 0 Å². The van der Waals surface area contributed by atoms with Gasteiger partial charge < -0.3 is 20.1 Å². The van der Waals surface area contributed by atoms with Crippen molar-refractivity contribution in [2.45, 2.75) is 13.5 Å². The highest BCUT2D eigenvalue weighted by Gasteiger charge is 2.04. The molecule has 0 aliphatic carbocycles. The molecule has 0 bridgehead atoms. The Morgan fingerprint density at radius 1 is 1.14 bits per heavy atom. The molecule has 4 nitrogen and oxygen atoms in total. The molecule has 0 unspecified atom stereocenters. The zero-order valence-corrected chi connectivity index (χ0v) is 13.0. The topological polar surface area (TPSA) is 44.7 Å². The third kappa shape index (κ3) is 3.60. The second-order valence-electron chi connectivity index (χ2n) is 5.26. The van der Waals surface area contributed by atoms with E-state index < -0.39 is 0 Å². The summed E-state index contributed by atoms with van der Waals surface area (Å²) >= 11 is 0. The number of benzene rings is 2. The van der Waals surface area contributed by atoms with E-state index in [9.17, 15) is 5.11 Å². The average Bonchev–Trinajstić information content (AvgIpc) is 2.46. The number of hydrogen-bond acceptors (Lipinski definition) is 4. The van der Waals surface area contributed by atoms with E-state index >= 15 is 0 Å². The zero-order valence-electron chi connectivity index (χ0n) is 13.0. The molecule has 2 rings (SSSR count). The Morgan fingerprint density at radius 3 is 2.52 bits per heavy atom. The SMILES string of the molecule is COc1ccc(CNc2ccc(C)c(N(C)C)c2)cc1O. The molecule has 112 valence electrons. The van der Waals surface area contributed by atoms with Crippen molar-refractivity contribution in [1.29, 1.82) is 0 Å². The van der Waals surface area contributed by atoms with E-state index in [1.54, 1.807) is 19.2 Å². The summed E-state index contributed by atoms with van der Waals surface area (Å²) in [6.07, 6.45) is 0. The van der Waals surface area contributed by atoms with Gasteiger partial charge in [-0.05, 0) is 42.3 Å². The summed E-state index contributed by atoms with van der Waals surface area (Å²) in [7, 11) is 5.61. The molecule has 0 amide bonds. The molecule has 0 saturated heterocycles. The van der Waals surface area contributed by atoms with Crippen molar-refractivity contribution in [2.24, 2.45) is 0 Å². The van der Waals surface area contributed by atoms with Crippen LogP contribution in [0.3, 0.4) is 0 Å². The fourth-order valence-corrected chi connectivity index (χ4v) is 2.25. The van der Waals surface area contributed by atoms with Crippen molar-refractivity contribution >= 4 is 11.4 Å². The molecule has 0 radical (unpaired) electrons. The van der Waals surface area contributed by atoms with E-state index in [0.717, 1.165) is 11.3 Å². The van der Waals surface area contributed by atoms with E-state index in [2.05, 4.69) is 35.3 Å². The second-order valence-corrected chi connectivity index (χ2v) is 5.26. The van der Waals surface area contributed by atoms with Gasteiger partial charge in [-0.3, -0.25) is 0 Å². The van der Waals surface area contributed by atoms with Crippen LogP contribution in [0.4, 0.5) is 11.4 Å². The molecule has 21 heavy (non-hydrogen) atoms. The first-order valence-electron chi connectivity index (χ1n) is 6.89. The van der Waals surface area contributed by atoms with Crippen LogP contribution in [0.25, 0.3) is 0 Å². The number of aromatic hydroxyl groups is 1. The lowest BCUT2D eigenvalue weighted by molar-refractivity contribution is 0.373. The maximum atomic E-state index is 9.78. The number of rotatable bonds is 5. The lowest BCUT2D eigenvalue weighted by Gasteiger charge is -2.17. The van der Waals surface area contributed by atoms with E-state index in [4.69, 9.17) is 4.74 Å². The third-order valence-corrected chi connectivity index (χ3v) is 3.43. The Labute approximate surface area is 126 Å². The standard InChI is InChI=1S/C17H22N2O2/c1-12-5-7-14(10-15(12)19(2)3)18-11-13-6-8-17(21-4)16(20)9-13/h5-10,18,20H,11H2,1-4H3. The quantitative estimate of drug-likeness (QED) is 0.884. The number of ether oxygens (including phenoxy) is 1. The molecule has 0 aliphatic rings. The normalized spacial score (nSPS) is 10.3. The summed E-state index contributed by atoms with van der Waals surface area (Å²) in [4.78, 5) is 2.10. The number of aryl methyl sites for hydroxylation is 1. The Hall–Kier alpha value is -2.36. The molecule has 2 aromatic carbocycles. The van der Waals surface area contributed by atoms with Gasteiger partial charge >= 0.3 is 0 Å². The van der Waals surface area contributed by atoms with Crippen LogP contribution in [0.15, 0.2) is 36.4 Å². The van der Waals surface area contributed by atoms with Gasteiger partial charge in [-0.25, -0.2) is 0 Å². The average molecular weight is 286 g/mol. The molecular weight excluding hydrogens is 264 g/mol. The molecule has 0 atom stereocenters. The molecule has 2 aromatic rings. The van der Waals surface area contributed by atoms with Crippen molar-refractivity contribution in [3.05, 3.63) is 47.5 Å². The molecule has 0 aliphatic heterocycles. The number of anilines is 2. The number of hydrogen-bond donors (Lipinski definition) is 2. The minimum atomic E-state index is 0.162. The molecule has 0 spiro atoms. The lowest BCUT2D eigenvalue weighted by atomic mass is 10.1.